The molecule has 2 unspecified atom stereocenters. The maximum Gasteiger partial charge on any atom is 0.220 e. The summed E-state index contributed by atoms with van der Waals surface area (Å²) in [4.78, 5) is 11.9. The number of fused-ring (bicyclic) bond motifs is 1. The van der Waals surface area contributed by atoms with Gasteiger partial charge in [0.2, 0.25) is 5.91 Å². The van der Waals surface area contributed by atoms with Crippen LogP contribution in [-0.2, 0) is 11.2 Å². The van der Waals surface area contributed by atoms with E-state index >= 15 is 0 Å². The highest BCUT2D eigenvalue weighted by Crippen LogP contribution is 2.35. The lowest BCUT2D eigenvalue weighted by molar-refractivity contribution is -0.122. The van der Waals surface area contributed by atoms with Gasteiger partial charge in [-0.2, -0.15) is 0 Å². The Morgan fingerprint density at radius 2 is 2.32 bits per heavy atom. The minimum absolute atomic E-state index is 0.000545. The van der Waals surface area contributed by atoms with Crippen LogP contribution < -0.4 is 11.1 Å². The number of nitrogens with two attached hydrogens (primary N) is 1. The van der Waals surface area contributed by atoms with Crippen molar-refractivity contribution in [3.05, 3.63) is 35.1 Å². The van der Waals surface area contributed by atoms with Crippen molar-refractivity contribution >= 4 is 5.91 Å². The van der Waals surface area contributed by atoms with Gasteiger partial charge in [0.25, 0.3) is 0 Å². The number of rotatable bonds is 4. The molecule has 19 heavy (non-hydrogen) atoms. The molecule has 2 rings (SSSR count). The van der Waals surface area contributed by atoms with Crippen LogP contribution in [0.15, 0.2) is 18.2 Å². The van der Waals surface area contributed by atoms with Crippen molar-refractivity contribution in [3.8, 4) is 0 Å². The molecule has 0 spiro atoms. The van der Waals surface area contributed by atoms with Crippen molar-refractivity contribution in [2.75, 3.05) is 6.54 Å². The van der Waals surface area contributed by atoms with Gasteiger partial charge >= 0.3 is 0 Å². The SMILES string of the molecule is CC1CCc2c(F)cccc2C1NC(=O)CCCN. The van der Waals surface area contributed by atoms with Crippen LogP contribution in [0.2, 0.25) is 0 Å². The summed E-state index contributed by atoms with van der Waals surface area (Å²) >= 11 is 0. The second-order valence-electron chi connectivity index (χ2n) is 5.26. The fourth-order valence-corrected chi connectivity index (χ4v) is 2.70. The van der Waals surface area contributed by atoms with Crippen molar-refractivity contribution in [1.29, 1.82) is 0 Å². The fraction of sp³-hybridized carbons (Fsp3) is 0.533. The molecule has 0 aliphatic heterocycles. The van der Waals surface area contributed by atoms with E-state index in [-0.39, 0.29) is 17.8 Å². The van der Waals surface area contributed by atoms with Crippen LogP contribution in [0.3, 0.4) is 0 Å². The summed E-state index contributed by atoms with van der Waals surface area (Å²) in [5.74, 6) is 0.168. The second kappa shape index (κ2) is 6.15. The van der Waals surface area contributed by atoms with E-state index in [4.69, 9.17) is 5.73 Å². The van der Waals surface area contributed by atoms with Gasteiger partial charge in [0.15, 0.2) is 0 Å². The van der Waals surface area contributed by atoms with E-state index < -0.39 is 0 Å². The van der Waals surface area contributed by atoms with Gasteiger partial charge in [-0.25, -0.2) is 4.39 Å². The Bertz CT molecular complexity index is 461. The number of nitrogens with one attached hydrogen (secondary N) is 1. The van der Waals surface area contributed by atoms with Gasteiger partial charge in [0, 0.05) is 6.42 Å². The Morgan fingerprint density at radius 1 is 1.53 bits per heavy atom. The van der Waals surface area contributed by atoms with E-state index in [2.05, 4.69) is 12.2 Å². The molecule has 0 radical (unpaired) electrons. The lowest BCUT2D eigenvalue weighted by atomic mass is 9.80. The molecular weight excluding hydrogens is 243 g/mol. The van der Waals surface area contributed by atoms with Gasteiger partial charge in [0.05, 0.1) is 6.04 Å². The number of hydrogen-bond acceptors (Lipinski definition) is 2. The smallest absolute Gasteiger partial charge is 0.220 e. The minimum atomic E-state index is -0.161. The Morgan fingerprint density at radius 3 is 3.05 bits per heavy atom. The molecule has 3 nitrogen and oxygen atoms in total. The van der Waals surface area contributed by atoms with E-state index in [1.165, 1.54) is 6.07 Å². The highest BCUT2D eigenvalue weighted by Gasteiger charge is 2.29. The van der Waals surface area contributed by atoms with Gasteiger partial charge in [-0.1, -0.05) is 19.1 Å². The summed E-state index contributed by atoms with van der Waals surface area (Å²) in [6.45, 7) is 2.61. The van der Waals surface area contributed by atoms with Gasteiger partial charge in [-0.15, -0.1) is 0 Å². The van der Waals surface area contributed by atoms with Crippen molar-refractivity contribution < 1.29 is 9.18 Å². The normalized spacial score (nSPS) is 21.8. The molecule has 0 fully saturated rings. The molecule has 1 aromatic carbocycles. The second-order valence-corrected chi connectivity index (χ2v) is 5.26. The van der Waals surface area contributed by atoms with Crippen LogP contribution in [0.1, 0.15) is 43.4 Å². The summed E-state index contributed by atoms with van der Waals surface area (Å²) in [5.41, 5.74) is 7.09. The van der Waals surface area contributed by atoms with E-state index in [9.17, 15) is 9.18 Å². The van der Waals surface area contributed by atoms with Gasteiger partial charge < -0.3 is 11.1 Å². The molecule has 1 amide bonds. The molecule has 0 bridgehead atoms. The molecule has 1 aliphatic rings. The standard InChI is InChI=1S/C15H21FN2O/c1-10-7-8-11-12(4-2-5-13(11)16)15(10)18-14(19)6-3-9-17/h2,4-5,10,15H,3,6-9,17H2,1H3,(H,18,19). The number of amides is 1. The summed E-state index contributed by atoms with van der Waals surface area (Å²) < 4.78 is 13.8. The number of halogens is 1. The third-order valence-electron chi connectivity index (χ3n) is 3.83. The predicted molar refractivity (Wildman–Crippen MR) is 73.1 cm³/mol. The number of carbonyl (C=O) groups excluding carboxylic acids is 1. The zero-order chi connectivity index (χ0) is 13.8. The molecule has 0 saturated heterocycles. The highest BCUT2D eigenvalue weighted by molar-refractivity contribution is 5.76. The van der Waals surface area contributed by atoms with Gasteiger partial charge in [-0.3, -0.25) is 4.79 Å². The van der Waals surface area contributed by atoms with Crippen LogP contribution in [0.4, 0.5) is 4.39 Å². The Kier molecular flexibility index (Phi) is 4.53. The third-order valence-corrected chi connectivity index (χ3v) is 3.83. The fourth-order valence-electron chi connectivity index (χ4n) is 2.70. The van der Waals surface area contributed by atoms with Crippen molar-refractivity contribution in [1.82, 2.24) is 5.32 Å². The van der Waals surface area contributed by atoms with E-state index in [1.807, 2.05) is 6.07 Å². The Hall–Kier alpha value is -1.42. The van der Waals surface area contributed by atoms with Crippen LogP contribution in [0, 0.1) is 11.7 Å². The van der Waals surface area contributed by atoms with E-state index in [0.717, 1.165) is 24.0 Å². The van der Waals surface area contributed by atoms with E-state index in [0.29, 0.717) is 25.3 Å². The molecule has 2 atom stereocenters. The molecule has 0 aromatic heterocycles. The summed E-state index contributed by atoms with van der Waals surface area (Å²) in [6, 6.07) is 5.04. The lowest BCUT2D eigenvalue weighted by Gasteiger charge is -2.32. The largest absolute Gasteiger partial charge is 0.349 e. The molecule has 1 aliphatic carbocycles. The molecule has 3 N–H and O–H groups in total. The first-order valence-electron chi connectivity index (χ1n) is 6.90. The average Bonchev–Trinajstić information content (AvgIpc) is 2.40. The highest BCUT2D eigenvalue weighted by atomic mass is 19.1. The maximum atomic E-state index is 13.8. The van der Waals surface area contributed by atoms with Crippen molar-refractivity contribution in [2.45, 2.75) is 38.6 Å². The summed E-state index contributed by atoms with van der Waals surface area (Å²) in [6.07, 6.45) is 2.77. The monoisotopic (exact) mass is 264 g/mol. The molecule has 0 heterocycles. The summed E-state index contributed by atoms with van der Waals surface area (Å²) in [5, 5.41) is 3.03. The number of carbonyl (C=O) groups is 1. The number of benzene rings is 1. The topological polar surface area (TPSA) is 55.1 Å². The lowest BCUT2D eigenvalue weighted by Crippen LogP contribution is -2.35. The zero-order valence-electron chi connectivity index (χ0n) is 11.3. The third kappa shape index (κ3) is 3.13. The van der Waals surface area contributed by atoms with Crippen LogP contribution >= 0.6 is 0 Å². The van der Waals surface area contributed by atoms with Crippen LogP contribution in [0.5, 0.6) is 0 Å². The molecular formula is C15H21FN2O. The molecule has 104 valence electrons. The van der Waals surface area contributed by atoms with Gasteiger partial charge in [0.1, 0.15) is 5.82 Å². The molecule has 0 saturated carbocycles. The first-order valence-corrected chi connectivity index (χ1v) is 6.90. The van der Waals surface area contributed by atoms with Crippen LogP contribution in [0.25, 0.3) is 0 Å². The van der Waals surface area contributed by atoms with Gasteiger partial charge in [-0.05, 0) is 48.9 Å². The summed E-state index contributed by atoms with van der Waals surface area (Å²) in [7, 11) is 0. The first-order chi connectivity index (χ1) is 9.13. The Balaban J connectivity index is 2.16. The first kappa shape index (κ1) is 14.0. The van der Waals surface area contributed by atoms with Crippen molar-refractivity contribution in [3.63, 3.8) is 0 Å². The zero-order valence-corrected chi connectivity index (χ0v) is 11.3. The number of hydrogen-bond donors (Lipinski definition) is 2. The van der Waals surface area contributed by atoms with Crippen molar-refractivity contribution in [2.24, 2.45) is 11.7 Å². The van der Waals surface area contributed by atoms with E-state index in [1.54, 1.807) is 6.07 Å². The van der Waals surface area contributed by atoms with Crippen LogP contribution in [-0.4, -0.2) is 12.5 Å². The minimum Gasteiger partial charge on any atom is -0.349 e. The Labute approximate surface area is 113 Å². The molecule has 4 heteroatoms. The predicted octanol–water partition coefficient (Wildman–Crippen LogP) is 2.30. The molecule has 1 aromatic rings. The quantitative estimate of drug-likeness (QED) is 0.876. The maximum absolute atomic E-state index is 13.8. The average molecular weight is 264 g/mol.